The van der Waals surface area contributed by atoms with Gasteiger partial charge in [0.15, 0.2) is 0 Å². The maximum Gasteiger partial charge on any atom is 0.423 e. The SMILES string of the molecule is O=C=Nc1ccc(C(F)(F)F)c([N+](=O)[O-])c1. The minimum absolute atomic E-state index is 0.255. The summed E-state index contributed by atoms with van der Waals surface area (Å²) in [5.41, 5.74) is -2.79. The molecule has 0 heterocycles. The van der Waals surface area contributed by atoms with Crippen molar-refractivity contribution >= 4 is 17.5 Å². The molecule has 16 heavy (non-hydrogen) atoms. The Morgan fingerprint density at radius 1 is 1.38 bits per heavy atom. The topological polar surface area (TPSA) is 72.6 Å². The molecular formula is C8H3F3N2O3. The number of nitro benzene ring substituents is 1. The van der Waals surface area contributed by atoms with E-state index in [-0.39, 0.29) is 5.69 Å². The molecule has 8 heteroatoms. The highest BCUT2D eigenvalue weighted by molar-refractivity contribution is 5.57. The molecule has 84 valence electrons. The Kier molecular flexibility index (Phi) is 3.05. The van der Waals surface area contributed by atoms with Gasteiger partial charge >= 0.3 is 6.18 Å². The van der Waals surface area contributed by atoms with Gasteiger partial charge < -0.3 is 0 Å². The highest BCUT2D eigenvalue weighted by atomic mass is 19.4. The summed E-state index contributed by atoms with van der Waals surface area (Å²) in [6.45, 7) is 0. The molecule has 0 bridgehead atoms. The van der Waals surface area contributed by atoms with Crippen molar-refractivity contribution in [3.63, 3.8) is 0 Å². The van der Waals surface area contributed by atoms with Gasteiger partial charge in [0.1, 0.15) is 5.56 Å². The second-order valence-corrected chi connectivity index (χ2v) is 2.66. The van der Waals surface area contributed by atoms with E-state index in [2.05, 4.69) is 4.99 Å². The molecule has 0 amide bonds. The van der Waals surface area contributed by atoms with Crippen LogP contribution in [-0.4, -0.2) is 11.0 Å². The molecule has 0 unspecified atom stereocenters. The first-order chi connectivity index (χ1) is 7.36. The number of benzene rings is 1. The van der Waals surface area contributed by atoms with Crippen molar-refractivity contribution in [2.75, 3.05) is 0 Å². The average Bonchev–Trinajstić information content (AvgIpc) is 2.16. The number of isocyanates is 1. The van der Waals surface area contributed by atoms with Crippen LogP contribution in [0, 0.1) is 10.1 Å². The maximum absolute atomic E-state index is 12.3. The Labute approximate surface area is 86.4 Å². The molecule has 0 aliphatic heterocycles. The van der Waals surface area contributed by atoms with Crippen molar-refractivity contribution in [3.8, 4) is 0 Å². The normalized spacial score (nSPS) is 10.7. The van der Waals surface area contributed by atoms with Crippen LogP contribution in [0.25, 0.3) is 0 Å². The van der Waals surface area contributed by atoms with Crippen LogP contribution in [0.5, 0.6) is 0 Å². The quantitative estimate of drug-likeness (QED) is 0.340. The zero-order valence-corrected chi connectivity index (χ0v) is 7.49. The lowest BCUT2D eigenvalue weighted by atomic mass is 10.1. The molecule has 5 nitrogen and oxygen atoms in total. The number of nitrogens with zero attached hydrogens (tertiary/aromatic N) is 2. The number of rotatable bonds is 2. The molecule has 0 saturated carbocycles. The highest BCUT2D eigenvalue weighted by Gasteiger charge is 2.38. The third kappa shape index (κ3) is 2.43. The van der Waals surface area contributed by atoms with Crippen LogP contribution >= 0.6 is 0 Å². The molecule has 0 atom stereocenters. The smallest absolute Gasteiger partial charge is 0.258 e. The fourth-order valence-corrected chi connectivity index (χ4v) is 1.03. The van der Waals surface area contributed by atoms with E-state index in [1.807, 2.05) is 0 Å². The Morgan fingerprint density at radius 3 is 2.44 bits per heavy atom. The van der Waals surface area contributed by atoms with Crippen LogP contribution in [-0.2, 0) is 11.0 Å². The van der Waals surface area contributed by atoms with Crippen molar-refractivity contribution in [1.82, 2.24) is 0 Å². The molecule has 0 spiro atoms. The summed E-state index contributed by atoms with van der Waals surface area (Å²) in [6, 6.07) is 1.91. The molecule has 0 N–H and O–H groups in total. The minimum atomic E-state index is -4.83. The monoisotopic (exact) mass is 232 g/mol. The second-order valence-electron chi connectivity index (χ2n) is 2.66. The summed E-state index contributed by atoms with van der Waals surface area (Å²) in [6.07, 6.45) is -3.75. The third-order valence-electron chi connectivity index (χ3n) is 1.66. The van der Waals surface area contributed by atoms with Crippen LogP contribution < -0.4 is 0 Å². The number of aliphatic imine (C=N–C) groups is 1. The number of hydrogen-bond donors (Lipinski definition) is 0. The summed E-state index contributed by atoms with van der Waals surface area (Å²) >= 11 is 0. The third-order valence-corrected chi connectivity index (χ3v) is 1.66. The van der Waals surface area contributed by atoms with E-state index in [9.17, 15) is 28.1 Å². The fraction of sp³-hybridized carbons (Fsp3) is 0.125. The largest absolute Gasteiger partial charge is 0.423 e. The molecule has 0 aromatic heterocycles. The van der Waals surface area contributed by atoms with Gasteiger partial charge in [0.2, 0.25) is 6.08 Å². The van der Waals surface area contributed by atoms with Crippen LogP contribution in [0.3, 0.4) is 0 Å². The van der Waals surface area contributed by atoms with Gasteiger partial charge in [-0.05, 0) is 12.1 Å². The van der Waals surface area contributed by atoms with E-state index in [0.29, 0.717) is 12.1 Å². The molecule has 1 rings (SSSR count). The van der Waals surface area contributed by atoms with Crippen molar-refractivity contribution < 1.29 is 22.9 Å². The van der Waals surface area contributed by atoms with E-state index in [1.165, 1.54) is 0 Å². The van der Waals surface area contributed by atoms with Crippen LogP contribution in [0.15, 0.2) is 23.2 Å². The van der Waals surface area contributed by atoms with Gasteiger partial charge in [-0.15, -0.1) is 0 Å². The van der Waals surface area contributed by atoms with Gasteiger partial charge in [0, 0.05) is 6.07 Å². The Hall–Kier alpha value is -2.21. The minimum Gasteiger partial charge on any atom is -0.258 e. The van der Waals surface area contributed by atoms with Gasteiger partial charge in [-0.25, -0.2) is 4.79 Å². The first-order valence-electron chi connectivity index (χ1n) is 3.80. The number of halogens is 3. The van der Waals surface area contributed by atoms with Crippen molar-refractivity contribution in [2.45, 2.75) is 6.18 Å². The summed E-state index contributed by atoms with van der Waals surface area (Å²) in [5.74, 6) is 0. The zero-order valence-electron chi connectivity index (χ0n) is 7.49. The Bertz CT molecular complexity index is 478. The molecule has 1 aromatic rings. The fourth-order valence-electron chi connectivity index (χ4n) is 1.03. The molecular weight excluding hydrogens is 229 g/mol. The number of carbonyl (C=O) groups excluding carboxylic acids is 1. The van der Waals surface area contributed by atoms with Crippen molar-refractivity contribution in [2.24, 2.45) is 4.99 Å². The van der Waals surface area contributed by atoms with Gasteiger partial charge in [-0.3, -0.25) is 10.1 Å². The Balaban J connectivity index is 3.42. The lowest BCUT2D eigenvalue weighted by Crippen LogP contribution is -2.08. The highest BCUT2D eigenvalue weighted by Crippen LogP contribution is 2.37. The summed E-state index contributed by atoms with van der Waals surface area (Å²) < 4.78 is 36.9. The first-order valence-corrected chi connectivity index (χ1v) is 3.80. The van der Waals surface area contributed by atoms with E-state index in [4.69, 9.17) is 0 Å². The first kappa shape index (κ1) is 11.9. The second kappa shape index (κ2) is 4.11. The number of alkyl halides is 3. The van der Waals surface area contributed by atoms with Crippen LogP contribution in [0.2, 0.25) is 0 Å². The zero-order chi connectivity index (χ0) is 12.3. The Morgan fingerprint density at radius 2 is 2.00 bits per heavy atom. The van der Waals surface area contributed by atoms with Gasteiger partial charge in [-0.2, -0.15) is 18.2 Å². The molecule has 0 saturated heterocycles. The van der Waals surface area contributed by atoms with Gasteiger partial charge in [-0.1, -0.05) is 0 Å². The van der Waals surface area contributed by atoms with E-state index < -0.39 is 22.4 Å². The van der Waals surface area contributed by atoms with E-state index in [0.717, 1.165) is 12.1 Å². The van der Waals surface area contributed by atoms with E-state index in [1.54, 1.807) is 0 Å². The number of hydrogen-bond acceptors (Lipinski definition) is 4. The van der Waals surface area contributed by atoms with Crippen LogP contribution in [0.4, 0.5) is 24.5 Å². The summed E-state index contributed by atoms with van der Waals surface area (Å²) in [5, 5.41) is 10.4. The molecule has 0 radical (unpaired) electrons. The average molecular weight is 232 g/mol. The summed E-state index contributed by atoms with van der Waals surface area (Å²) in [7, 11) is 0. The van der Waals surface area contributed by atoms with Gasteiger partial charge in [0.05, 0.1) is 10.6 Å². The maximum atomic E-state index is 12.3. The van der Waals surface area contributed by atoms with Crippen LogP contribution in [0.1, 0.15) is 5.56 Å². The lowest BCUT2D eigenvalue weighted by molar-refractivity contribution is -0.388. The predicted octanol–water partition coefficient (Wildman–Crippen LogP) is 2.58. The summed E-state index contributed by atoms with van der Waals surface area (Å²) in [4.78, 5) is 22.1. The molecule has 1 aromatic carbocycles. The standard InChI is InChI=1S/C8H3F3N2O3/c9-8(10,11)6-2-1-5(12-4-14)3-7(6)13(15)16/h1-3H. The predicted molar refractivity (Wildman–Crippen MR) is 45.9 cm³/mol. The van der Waals surface area contributed by atoms with E-state index >= 15 is 0 Å². The molecule has 0 aliphatic carbocycles. The van der Waals surface area contributed by atoms with Crippen molar-refractivity contribution in [1.29, 1.82) is 0 Å². The number of nitro groups is 1. The van der Waals surface area contributed by atoms with Crippen molar-refractivity contribution in [3.05, 3.63) is 33.9 Å². The molecule has 0 aliphatic rings. The lowest BCUT2D eigenvalue weighted by Gasteiger charge is -2.06. The molecule has 0 fully saturated rings. The van der Waals surface area contributed by atoms with Gasteiger partial charge in [0.25, 0.3) is 5.69 Å².